The minimum atomic E-state index is -0.285. The van der Waals surface area contributed by atoms with Crippen LogP contribution in [-0.2, 0) is 9.59 Å². The van der Waals surface area contributed by atoms with Gasteiger partial charge in [-0.05, 0) is 36.0 Å². The zero-order chi connectivity index (χ0) is 18.7. The van der Waals surface area contributed by atoms with Crippen molar-refractivity contribution >= 4 is 17.5 Å². The number of para-hydroxylation sites is 1. The normalized spacial score (nSPS) is 14.8. The molecule has 2 amide bonds. The number of carbonyl (C=O) groups excluding carboxylic acids is 2. The third-order valence-electron chi connectivity index (χ3n) is 4.75. The highest BCUT2D eigenvalue weighted by atomic mass is 16.2. The van der Waals surface area contributed by atoms with Crippen molar-refractivity contribution in [2.24, 2.45) is 5.92 Å². The second kappa shape index (κ2) is 7.73. The van der Waals surface area contributed by atoms with E-state index in [1.165, 1.54) is 12.5 Å². The fourth-order valence-corrected chi connectivity index (χ4v) is 3.07. The van der Waals surface area contributed by atoms with Crippen LogP contribution in [-0.4, -0.2) is 11.8 Å². The van der Waals surface area contributed by atoms with Crippen LogP contribution in [0.2, 0.25) is 0 Å². The van der Waals surface area contributed by atoms with Gasteiger partial charge in [-0.25, -0.2) is 0 Å². The summed E-state index contributed by atoms with van der Waals surface area (Å²) in [6.07, 6.45) is 1.91. The quantitative estimate of drug-likeness (QED) is 0.812. The summed E-state index contributed by atoms with van der Waals surface area (Å²) in [5.41, 5.74) is 3.90. The van der Waals surface area contributed by atoms with Crippen LogP contribution >= 0.6 is 0 Å². The van der Waals surface area contributed by atoms with Crippen LogP contribution in [0.25, 0.3) is 0 Å². The Balaban J connectivity index is 1.98. The maximum atomic E-state index is 12.5. The highest BCUT2D eigenvalue weighted by molar-refractivity contribution is 5.90. The first-order valence-corrected chi connectivity index (χ1v) is 9.22. The third-order valence-corrected chi connectivity index (χ3v) is 4.75. The number of nitrogens with one attached hydrogen (secondary N) is 2. The van der Waals surface area contributed by atoms with Gasteiger partial charge in [0.15, 0.2) is 0 Å². The summed E-state index contributed by atoms with van der Waals surface area (Å²) < 4.78 is 0. The fraction of sp³-hybridized carbons (Fsp3) is 0.364. The summed E-state index contributed by atoms with van der Waals surface area (Å²) in [7, 11) is 0. The van der Waals surface area contributed by atoms with Gasteiger partial charge in [-0.3, -0.25) is 9.59 Å². The maximum absolute atomic E-state index is 12.5. The van der Waals surface area contributed by atoms with Crippen molar-refractivity contribution in [2.75, 3.05) is 5.32 Å². The van der Waals surface area contributed by atoms with Crippen molar-refractivity contribution in [1.82, 2.24) is 5.32 Å². The van der Waals surface area contributed by atoms with E-state index < -0.39 is 0 Å². The molecule has 2 aromatic carbocycles. The molecule has 1 unspecified atom stereocenters. The first-order valence-electron chi connectivity index (χ1n) is 9.22. The molecule has 4 nitrogen and oxygen atoms in total. The minimum absolute atomic E-state index is 0.0839. The first-order chi connectivity index (χ1) is 12.5. The van der Waals surface area contributed by atoms with Crippen LogP contribution in [0.3, 0.4) is 0 Å². The topological polar surface area (TPSA) is 58.2 Å². The van der Waals surface area contributed by atoms with Gasteiger partial charge in [0.2, 0.25) is 11.8 Å². The van der Waals surface area contributed by atoms with E-state index in [1.54, 1.807) is 0 Å². The summed E-state index contributed by atoms with van der Waals surface area (Å²) in [5, 5.41) is 6.06. The monoisotopic (exact) mass is 350 g/mol. The highest BCUT2D eigenvalue weighted by Gasteiger charge is 2.32. The summed E-state index contributed by atoms with van der Waals surface area (Å²) >= 11 is 0. The van der Waals surface area contributed by atoms with Crippen LogP contribution < -0.4 is 10.6 Å². The van der Waals surface area contributed by atoms with E-state index in [0.29, 0.717) is 5.92 Å². The van der Waals surface area contributed by atoms with Gasteiger partial charge >= 0.3 is 0 Å². The zero-order valence-corrected chi connectivity index (χ0v) is 15.6. The molecule has 1 saturated carbocycles. The van der Waals surface area contributed by atoms with Gasteiger partial charge in [-0.2, -0.15) is 0 Å². The van der Waals surface area contributed by atoms with E-state index in [2.05, 4.69) is 48.7 Å². The molecule has 1 aliphatic rings. The van der Waals surface area contributed by atoms with Crippen molar-refractivity contribution in [3.8, 4) is 0 Å². The SMILES string of the molecule is CC(=O)Nc1ccccc1C(NC(=O)C1CC1)c1ccc(C(C)C)cc1. The standard InChI is InChI=1S/C22H26N2O2/c1-14(2)16-8-10-17(11-9-16)21(24-22(26)18-12-13-18)19-6-4-5-7-20(19)23-15(3)25/h4-11,14,18,21H,12-13H2,1-3H3,(H,23,25)(H,24,26). The number of carbonyl (C=O) groups is 2. The molecule has 0 aromatic heterocycles. The first kappa shape index (κ1) is 18.2. The molecule has 1 aliphatic carbocycles. The Labute approximate surface area is 155 Å². The highest BCUT2D eigenvalue weighted by Crippen LogP contribution is 2.33. The largest absolute Gasteiger partial charge is 0.345 e. The molecule has 3 rings (SSSR count). The van der Waals surface area contributed by atoms with Gasteiger partial charge in [-0.15, -0.1) is 0 Å². The lowest BCUT2D eigenvalue weighted by Gasteiger charge is -2.23. The van der Waals surface area contributed by atoms with E-state index in [-0.39, 0.29) is 23.8 Å². The molecule has 2 aromatic rings. The molecule has 0 radical (unpaired) electrons. The predicted molar refractivity (Wildman–Crippen MR) is 104 cm³/mol. The predicted octanol–water partition coefficient (Wildman–Crippen LogP) is 4.38. The minimum Gasteiger partial charge on any atom is -0.345 e. The molecule has 0 heterocycles. The van der Waals surface area contributed by atoms with Crippen molar-refractivity contribution in [1.29, 1.82) is 0 Å². The lowest BCUT2D eigenvalue weighted by Crippen LogP contribution is -2.31. The molecule has 136 valence electrons. The molecule has 0 saturated heterocycles. The van der Waals surface area contributed by atoms with Crippen LogP contribution in [0.1, 0.15) is 62.3 Å². The maximum Gasteiger partial charge on any atom is 0.223 e. The average molecular weight is 350 g/mol. The van der Waals surface area contributed by atoms with Gasteiger partial charge in [0.25, 0.3) is 0 Å². The Hall–Kier alpha value is -2.62. The van der Waals surface area contributed by atoms with Crippen molar-refractivity contribution < 1.29 is 9.59 Å². The lowest BCUT2D eigenvalue weighted by molar-refractivity contribution is -0.122. The van der Waals surface area contributed by atoms with E-state index in [9.17, 15) is 9.59 Å². The summed E-state index contributed by atoms with van der Waals surface area (Å²) in [6, 6.07) is 15.7. The molecule has 4 heteroatoms. The molecule has 0 aliphatic heterocycles. The smallest absolute Gasteiger partial charge is 0.223 e. The van der Waals surface area contributed by atoms with Gasteiger partial charge in [-0.1, -0.05) is 56.3 Å². The van der Waals surface area contributed by atoms with E-state index >= 15 is 0 Å². The van der Waals surface area contributed by atoms with Crippen molar-refractivity contribution in [2.45, 2.75) is 45.6 Å². The lowest BCUT2D eigenvalue weighted by atomic mass is 9.94. The summed E-state index contributed by atoms with van der Waals surface area (Å²) in [6.45, 7) is 5.81. The summed E-state index contributed by atoms with van der Waals surface area (Å²) in [4.78, 5) is 24.1. The second-order valence-electron chi connectivity index (χ2n) is 7.31. The zero-order valence-electron chi connectivity index (χ0n) is 15.6. The number of hydrogen-bond donors (Lipinski definition) is 2. The third kappa shape index (κ3) is 4.31. The molecule has 1 atom stereocenters. The number of hydrogen-bond acceptors (Lipinski definition) is 2. The number of anilines is 1. The Bertz CT molecular complexity index is 792. The van der Waals surface area contributed by atoms with Crippen molar-refractivity contribution in [3.63, 3.8) is 0 Å². The second-order valence-corrected chi connectivity index (χ2v) is 7.31. The molecule has 2 N–H and O–H groups in total. The van der Waals surface area contributed by atoms with Crippen LogP contribution in [0.4, 0.5) is 5.69 Å². The Morgan fingerprint density at radius 2 is 1.58 bits per heavy atom. The molecule has 26 heavy (non-hydrogen) atoms. The molecule has 1 fully saturated rings. The Kier molecular flexibility index (Phi) is 5.40. The van der Waals surface area contributed by atoms with Crippen LogP contribution in [0, 0.1) is 5.92 Å². The molecule has 0 bridgehead atoms. The van der Waals surface area contributed by atoms with Gasteiger partial charge in [0.05, 0.1) is 6.04 Å². The van der Waals surface area contributed by atoms with Gasteiger partial charge in [0.1, 0.15) is 0 Å². The molecular weight excluding hydrogens is 324 g/mol. The van der Waals surface area contributed by atoms with Crippen LogP contribution in [0.15, 0.2) is 48.5 Å². The average Bonchev–Trinajstić information content (AvgIpc) is 3.45. The molecule has 0 spiro atoms. The number of amides is 2. The Morgan fingerprint density at radius 3 is 2.15 bits per heavy atom. The van der Waals surface area contributed by atoms with Crippen molar-refractivity contribution in [3.05, 3.63) is 65.2 Å². The van der Waals surface area contributed by atoms with Gasteiger partial charge < -0.3 is 10.6 Å². The van der Waals surface area contributed by atoms with Gasteiger partial charge in [0, 0.05) is 24.1 Å². The number of rotatable bonds is 6. The van der Waals surface area contributed by atoms with E-state index in [1.807, 2.05) is 24.3 Å². The van der Waals surface area contributed by atoms with Crippen LogP contribution in [0.5, 0.6) is 0 Å². The number of benzene rings is 2. The van der Waals surface area contributed by atoms with E-state index in [0.717, 1.165) is 29.7 Å². The summed E-state index contributed by atoms with van der Waals surface area (Å²) in [5.74, 6) is 0.538. The Morgan fingerprint density at radius 1 is 0.962 bits per heavy atom. The van der Waals surface area contributed by atoms with E-state index in [4.69, 9.17) is 0 Å². The molecular formula is C22H26N2O2. The fourth-order valence-electron chi connectivity index (χ4n) is 3.07.